The number of hydrogen-bond donors (Lipinski definition) is 2. The number of hydrogen-bond acceptors (Lipinski definition) is 2. The van der Waals surface area contributed by atoms with Crippen LogP contribution in [0.5, 0.6) is 0 Å². The number of nitrogens with one attached hydrogen (secondary N) is 2. The van der Waals surface area contributed by atoms with E-state index in [1.165, 1.54) is 23.3 Å². The van der Waals surface area contributed by atoms with Gasteiger partial charge in [-0.05, 0) is 34.6 Å². The number of quaternary nitrogens is 1. The summed E-state index contributed by atoms with van der Waals surface area (Å²) in [6, 6.07) is 14.2. The minimum Gasteiger partial charge on any atom is -0.349 e. The highest BCUT2D eigenvalue weighted by Crippen LogP contribution is 2.25. The van der Waals surface area contributed by atoms with Crippen LogP contribution in [0.4, 0.5) is 0 Å². The fourth-order valence-electron chi connectivity index (χ4n) is 4.84. The number of rotatable bonds is 4. The molecule has 2 N–H and O–H groups in total. The third-order valence-electron chi connectivity index (χ3n) is 6.36. The van der Waals surface area contributed by atoms with Gasteiger partial charge in [-0.25, -0.2) is 0 Å². The van der Waals surface area contributed by atoms with Crippen molar-refractivity contribution in [2.24, 2.45) is 0 Å². The molecule has 0 saturated carbocycles. The summed E-state index contributed by atoms with van der Waals surface area (Å²) in [5.41, 5.74) is 2.16. The Balaban J connectivity index is 1.36. The average Bonchev–Trinajstić information content (AvgIpc) is 3.21. The predicted octanol–water partition coefficient (Wildman–Crippen LogP) is 3.55. The molecule has 27 heavy (non-hydrogen) atoms. The Morgan fingerprint density at radius 2 is 1.78 bits per heavy atom. The van der Waals surface area contributed by atoms with Crippen LogP contribution in [-0.2, 0) is 12.0 Å². The average molecular weight is 384 g/mol. The number of carbonyl (C=O) groups excluding carboxylic acids is 1. The van der Waals surface area contributed by atoms with E-state index in [9.17, 15) is 4.79 Å². The fourth-order valence-corrected chi connectivity index (χ4v) is 5.58. The summed E-state index contributed by atoms with van der Waals surface area (Å²) in [6.07, 6.45) is 4.84. The summed E-state index contributed by atoms with van der Waals surface area (Å²) < 4.78 is 0. The van der Waals surface area contributed by atoms with Gasteiger partial charge in [-0.3, -0.25) is 4.79 Å². The second-order valence-corrected chi connectivity index (χ2v) is 10.3. The Labute approximate surface area is 166 Å². The Morgan fingerprint density at radius 3 is 2.33 bits per heavy atom. The molecule has 144 valence electrons. The van der Waals surface area contributed by atoms with E-state index < -0.39 is 0 Å². The van der Waals surface area contributed by atoms with Crippen LogP contribution in [0.2, 0.25) is 0 Å². The van der Waals surface area contributed by atoms with E-state index in [1.54, 1.807) is 4.90 Å². The number of carbonyl (C=O) groups is 1. The Hall–Kier alpha value is -1.65. The van der Waals surface area contributed by atoms with Crippen LogP contribution in [0.3, 0.4) is 0 Å². The van der Waals surface area contributed by atoms with Gasteiger partial charge < -0.3 is 10.2 Å². The molecule has 3 heterocycles. The van der Waals surface area contributed by atoms with Crippen LogP contribution >= 0.6 is 11.3 Å². The first-order valence-electron chi connectivity index (χ1n) is 10.2. The van der Waals surface area contributed by atoms with Crippen LogP contribution in [-0.4, -0.2) is 24.0 Å². The summed E-state index contributed by atoms with van der Waals surface area (Å²) in [6.45, 7) is 7.75. The minimum atomic E-state index is 0.0848. The van der Waals surface area contributed by atoms with Crippen molar-refractivity contribution in [1.29, 1.82) is 0 Å². The van der Waals surface area contributed by atoms with Gasteiger partial charge in [0.1, 0.15) is 6.54 Å². The number of thiophene rings is 1. The van der Waals surface area contributed by atoms with E-state index in [0.29, 0.717) is 18.1 Å². The lowest BCUT2D eigenvalue weighted by atomic mass is 9.86. The minimum absolute atomic E-state index is 0.0848. The molecule has 2 saturated heterocycles. The highest BCUT2D eigenvalue weighted by atomic mass is 32.1. The molecule has 2 fully saturated rings. The third kappa shape index (κ3) is 4.12. The molecule has 2 aromatic rings. The standard InChI is InChI=1S/C23H30N2OS/c1-23(2,3)17-8-6-16(7-9-17)22(26)24-18-13-19-10-11-20(14-18)25(19)15-21-5-4-12-27-21/h4-9,12,18-20H,10-11,13-15H2,1-3H3,(H,24,26)/p+1/t18?,19-,20+. The van der Waals surface area contributed by atoms with E-state index >= 15 is 0 Å². The lowest BCUT2D eigenvalue weighted by molar-refractivity contribution is -0.954. The summed E-state index contributed by atoms with van der Waals surface area (Å²) >= 11 is 1.87. The fraction of sp³-hybridized carbons (Fsp3) is 0.522. The molecule has 3 nitrogen and oxygen atoms in total. The first-order valence-corrected chi connectivity index (χ1v) is 11.1. The molecule has 2 unspecified atom stereocenters. The third-order valence-corrected chi connectivity index (χ3v) is 7.23. The Kier molecular flexibility index (Phi) is 5.13. The Morgan fingerprint density at radius 1 is 1.11 bits per heavy atom. The van der Waals surface area contributed by atoms with Crippen LogP contribution in [0.25, 0.3) is 0 Å². The van der Waals surface area contributed by atoms with Gasteiger partial charge in [0.25, 0.3) is 5.91 Å². The van der Waals surface area contributed by atoms with Crippen LogP contribution in [0.15, 0.2) is 41.8 Å². The number of piperidine rings is 1. The molecule has 4 atom stereocenters. The lowest BCUT2D eigenvalue weighted by Gasteiger charge is -2.36. The van der Waals surface area contributed by atoms with E-state index in [0.717, 1.165) is 24.9 Å². The van der Waals surface area contributed by atoms with Gasteiger partial charge in [-0.2, -0.15) is 0 Å². The van der Waals surface area contributed by atoms with Crippen LogP contribution in [0, 0.1) is 0 Å². The second-order valence-electron chi connectivity index (χ2n) is 9.27. The normalized spacial score (nSPS) is 27.5. The highest BCUT2D eigenvalue weighted by molar-refractivity contribution is 7.09. The maximum absolute atomic E-state index is 12.7. The zero-order valence-corrected chi connectivity index (χ0v) is 17.4. The number of fused-ring (bicyclic) bond motifs is 2. The van der Waals surface area contributed by atoms with E-state index in [4.69, 9.17) is 0 Å². The van der Waals surface area contributed by atoms with Crippen molar-refractivity contribution in [2.45, 2.75) is 76.5 Å². The molecule has 0 spiro atoms. The van der Waals surface area contributed by atoms with Crippen molar-refractivity contribution in [3.8, 4) is 0 Å². The van der Waals surface area contributed by atoms with Gasteiger partial charge in [0.15, 0.2) is 0 Å². The molecule has 4 heteroatoms. The topological polar surface area (TPSA) is 33.5 Å². The summed E-state index contributed by atoms with van der Waals surface area (Å²) in [4.78, 5) is 16.0. The van der Waals surface area contributed by atoms with Crippen molar-refractivity contribution < 1.29 is 9.69 Å². The van der Waals surface area contributed by atoms with Gasteiger partial charge in [-0.1, -0.05) is 39.0 Å². The van der Waals surface area contributed by atoms with Crippen molar-refractivity contribution in [2.75, 3.05) is 0 Å². The van der Waals surface area contributed by atoms with Crippen molar-refractivity contribution in [1.82, 2.24) is 5.32 Å². The molecule has 2 aliphatic rings. The van der Waals surface area contributed by atoms with E-state index in [-0.39, 0.29) is 11.3 Å². The smallest absolute Gasteiger partial charge is 0.251 e. The van der Waals surface area contributed by atoms with Gasteiger partial charge in [-0.15, -0.1) is 11.3 Å². The number of benzene rings is 1. The Bertz CT molecular complexity index is 762. The van der Waals surface area contributed by atoms with Gasteiger partial charge in [0.2, 0.25) is 0 Å². The maximum Gasteiger partial charge on any atom is 0.251 e. The molecule has 2 aliphatic heterocycles. The molecule has 0 radical (unpaired) electrons. The molecule has 1 aromatic heterocycles. The zero-order chi connectivity index (χ0) is 19.0. The first-order chi connectivity index (χ1) is 12.9. The summed E-state index contributed by atoms with van der Waals surface area (Å²) in [5, 5.41) is 5.50. The van der Waals surface area contributed by atoms with Gasteiger partial charge >= 0.3 is 0 Å². The van der Waals surface area contributed by atoms with Crippen molar-refractivity contribution in [3.05, 3.63) is 57.8 Å². The summed E-state index contributed by atoms with van der Waals surface area (Å²) in [5.74, 6) is 0.0848. The van der Waals surface area contributed by atoms with E-state index in [1.807, 2.05) is 23.5 Å². The largest absolute Gasteiger partial charge is 0.349 e. The molecule has 0 aliphatic carbocycles. The van der Waals surface area contributed by atoms with E-state index in [2.05, 4.69) is 55.7 Å². The molecule has 1 amide bonds. The molecule has 2 bridgehead atoms. The lowest BCUT2D eigenvalue weighted by Crippen LogP contribution is -3.17. The number of amides is 1. The van der Waals surface area contributed by atoms with Crippen molar-refractivity contribution in [3.63, 3.8) is 0 Å². The maximum atomic E-state index is 12.7. The summed E-state index contributed by atoms with van der Waals surface area (Å²) in [7, 11) is 0. The molecule has 1 aromatic carbocycles. The monoisotopic (exact) mass is 383 g/mol. The quantitative estimate of drug-likeness (QED) is 0.832. The van der Waals surface area contributed by atoms with Crippen molar-refractivity contribution >= 4 is 17.2 Å². The second kappa shape index (κ2) is 7.40. The first kappa shape index (κ1) is 18.7. The SMILES string of the molecule is CC(C)(C)c1ccc(C(=O)NC2C[C@H]3CC[C@@H](C2)[NH+]3Cc2cccs2)cc1. The zero-order valence-electron chi connectivity index (χ0n) is 16.6. The predicted molar refractivity (Wildman–Crippen MR) is 111 cm³/mol. The van der Waals surface area contributed by atoms with Gasteiger partial charge in [0.05, 0.1) is 17.0 Å². The molecular formula is C23H31N2OS+. The van der Waals surface area contributed by atoms with Crippen LogP contribution < -0.4 is 10.2 Å². The van der Waals surface area contributed by atoms with Crippen LogP contribution in [0.1, 0.15) is 67.3 Å². The molecule has 4 rings (SSSR count). The molecular weight excluding hydrogens is 352 g/mol. The highest BCUT2D eigenvalue weighted by Gasteiger charge is 2.44. The van der Waals surface area contributed by atoms with Gasteiger partial charge in [0, 0.05) is 37.3 Å².